The number of pyridine rings is 1. The highest BCUT2D eigenvalue weighted by atomic mass is 19.1. The van der Waals surface area contributed by atoms with E-state index in [4.69, 9.17) is 15.2 Å². The second-order valence-electron chi connectivity index (χ2n) is 5.80. The first kappa shape index (κ1) is 17.9. The van der Waals surface area contributed by atoms with Crippen LogP contribution < -0.4 is 20.7 Å². The zero-order valence-corrected chi connectivity index (χ0v) is 14.6. The number of morpholine rings is 1. The van der Waals surface area contributed by atoms with E-state index in [1.807, 2.05) is 29.2 Å². The zero-order chi connectivity index (χ0) is 18.4. The van der Waals surface area contributed by atoms with Crippen molar-refractivity contribution in [3.63, 3.8) is 0 Å². The molecule has 8 heteroatoms. The lowest BCUT2D eigenvalue weighted by Crippen LogP contribution is -2.37. The third kappa shape index (κ3) is 4.60. The van der Waals surface area contributed by atoms with Gasteiger partial charge in [0.25, 0.3) is 0 Å². The van der Waals surface area contributed by atoms with Gasteiger partial charge in [0.2, 0.25) is 0 Å². The molecule has 0 amide bonds. The van der Waals surface area contributed by atoms with Crippen LogP contribution in [0.15, 0.2) is 41.5 Å². The van der Waals surface area contributed by atoms with Crippen LogP contribution in [0.3, 0.4) is 0 Å². The van der Waals surface area contributed by atoms with Crippen molar-refractivity contribution in [2.75, 3.05) is 43.6 Å². The summed E-state index contributed by atoms with van der Waals surface area (Å²) in [5, 5.41) is 2.98. The van der Waals surface area contributed by atoms with Gasteiger partial charge in [-0.05, 0) is 35.9 Å². The molecule has 2 aromatic rings. The number of benzene rings is 1. The summed E-state index contributed by atoms with van der Waals surface area (Å²) in [6.45, 7) is 2.68. The van der Waals surface area contributed by atoms with E-state index in [1.165, 1.54) is 6.07 Å². The Labute approximate surface area is 151 Å². The lowest BCUT2D eigenvalue weighted by molar-refractivity contribution is 0.122. The van der Waals surface area contributed by atoms with Crippen molar-refractivity contribution in [2.45, 2.75) is 6.54 Å². The standard InChI is InChI=1S/C18H22FN5O2/c1-25-15-4-2-14(3-5-15)23-18(20)22-12-13-10-16(19)17(21-11-13)24-6-8-26-9-7-24/h2-5,10-11H,6-9,12H2,1H3,(H3,20,22,23). The zero-order valence-electron chi connectivity index (χ0n) is 14.6. The Morgan fingerprint density at radius 3 is 2.73 bits per heavy atom. The molecule has 1 aliphatic heterocycles. The summed E-state index contributed by atoms with van der Waals surface area (Å²) in [4.78, 5) is 10.3. The number of ether oxygens (including phenoxy) is 2. The number of hydrogen-bond acceptors (Lipinski definition) is 5. The van der Waals surface area contributed by atoms with Gasteiger partial charge >= 0.3 is 0 Å². The number of nitrogens with two attached hydrogens (primary N) is 1. The molecular weight excluding hydrogens is 337 g/mol. The molecule has 26 heavy (non-hydrogen) atoms. The number of nitrogens with one attached hydrogen (secondary N) is 1. The van der Waals surface area contributed by atoms with E-state index in [2.05, 4.69) is 15.3 Å². The van der Waals surface area contributed by atoms with Crippen molar-refractivity contribution in [1.82, 2.24) is 4.98 Å². The number of methoxy groups -OCH3 is 1. The van der Waals surface area contributed by atoms with Crippen LogP contribution >= 0.6 is 0 Å². The Hall–Kier alpha value is -2.87. The van der Waals surface area contributed by atoms with Crippen LogP contribution in [0.4, 0.5) is 15.9 Å². The smallest absolute Gasteiger partial charge is 0.193 e. The summed E-state index contributed by atoms with van der Waals surface area (Å²) < 4.78 is 24.7. The van der Waals surface area contributed by atoms with E-state index >= 15 is 0 Å². The number of aromatic nitrogens is 1. The van der Waals surface area contributed by atoms with Crippen molar-refractivity contribution in [2.24, 2.45) is 10.7 Å². The third-order valence-electron chi connectivity index (χ3n) is 3.98. The number of hydrogen-bond donors (Lipinski definition) is 2. The number of nitrogens with zero attached hydrogens (tertiary/aromatic N) is 3. The Balaban J connectivity index is 1.60. The molecule has 1 fully saturated rings. The molecule has 3 rings (SSSR count). The molecule has 1 saturated heterocycles. The molecule has 0 unspecified atom stereocenters. The Morgan fingerprint density at radius 2 is 2.08 bits per heavy atom. The van der Waals surface area contributed by atoms with Crippen molar-refractivity contribution in [3.8, 4) is 5.75 Å². The molecule has 3 N–H and O–H groups in total. The monoisotopic (exact) mass is 359 g/mol. The maximum atomic E-state index is 14.3. The highest BCUT2D eigenvalue weighted by Gasteiger charge is 2.16. The van der Waals surface area contributed by atoms with Gasteiger partial charge in [0, 0.05) is 25.0 Å². The van der Waals surface area contributed by atoms with Crippen LogP contribution in [0.5, 0.6) is 5.75 Å². The number of guanidine groups is 1. The van der Waals surface area contributed by atoms with Crippen LogP contribution in [-0.4, -0.2) is 44.4 Å². The van der Waals surface area contributed by atoms with Gasteiger partial charge in [-0.3, -0.25) is 0 Å². The van der Waals surface area contributed by atoms with E-state index in [0.717, 1.165) is 11.4 Å². The van der Waals surface area contributed by atoms with E-state index in [9.17, 15) is 4.39 Å². The van der Waals surface area contributed by atoms with Crippen molar-refractivity contribution in [3.05, 3.63) is 47.9 Å². The summed E-state index contributed by atoms with van der Waals surface area (Å²) in [6.07, 6.45) is 1.62. The van der Waals surface area contributed by atoms with Crippen LogP contribution in [0.2, 0.25) is 0 Å². The molecule has 7 nitrogen and oxygen atoms in total. The van der Waals surface area contributed by atoms with Gasteiger partial charge in [-0.25, -0.2) is 14.4 Å². The summed E-state index contributed by atoms with van der Waals surface area (Å²) in [6, 6.07) is 8.75. The molecule has 0 atom stereocenters. The second-order valence-corrected chi connectivity index (χ2v) is 5.80. The predicted molar refractivity (Wildman–Crippen MR) is 99.2 cm³/mol. The predicted octanol–water partition coefficient (Wildman–Crippen LogP) is 1.99. The highest BCUT2D eigenvalue weighted by molar-refractivity contribution is 5.92. The van der Waals surface area contributed by atoms with Crippen LogP contribution in [0, 0.1) is 5.82 Å². The number of anilines is 2. The Bertz CT molecular complexity index is 761. The number of halogens is 1. The van der Waals surface area contributed by atoms with Crippen LogP contribution in [0.1, 0.15) is 5.56 Å². The first-order valence-corrected chi connectivity index (χ1v) is 8.34. The van der Waals surface area contributed by atoms with Gasteiger partial charge in [0.05, 0.1) is 26.9 Å². The average molecular weight is 359 g/mol. The molecule has 0 aliphatic carbocycles. The molecule has 0 bridgehead atoms. The molecular formula is C18H22FN5O2. The maximum absolute atomic E-state index is 14.3. The average Bonchev–Trinajstić information content (AvgIpc) is 2.68. The van der Waals surface area contributed by atoms with Crippen molar-refractivity contribution < 1.29 is 13.9 Å². The fraction of sp³-hybridized carbons (Fsp3) is 0.333. The fourth-order valence-electron chi connectivity index (χ4n) is 2.60. The second kappa shape index (κ2) is 8.48. The minimum Gasteiger partial charge on any atom is -0.497 e. The van der Waals surface area contributed by atoms with Crippen molar-refractivity contribution in [1.29, 1.82) is 0 Å². The minimum absolute atomic E-state index is 0.238. The lowest BCUT2D eigenvalue weighted by Gasteiger charge is -2.28. The van der Waals surface area contributed by atoms with E-state index in [1.54, 1.807) is 13.3 Å². The normalized spacial score (nSPS) is 15.0. The quantitative estimate of drug-likeness (QED) is 0.627. The summed E-state index contributed by atoms with van der Waals surface area (Å²) in [5.41, 5.74) is 7.32. The highest BCUT2D eigenvalue weighted by Crippen LogP contribution is 2.19. The van der Waals surface area contributed by atoms with Gasteiger partial charge < -0.3 is 25.4 Å². The van der Waals surface area contributed by atoms with Gasteiger partial charge in [-0.15, -0.1) is 0 Å². The van der Waals surface area contributed by atoms with E-state index < -0.39 is 0 Å². The molecule has 0 saturated carbocycles. The van der Waals surface area contributed by atoms with E-state index in [-0.39, 0.29) is 18.3 Å². The van der Waals surface area contributed by atoms with Crippen molar-refractivity contribution >= 4 is 17.5 Å². The summed E-state index contributed by atoms with van der Waals surface area (Å²) in [5.74, 6) is 0.993. The Kier molecular flexibility index (Phi) is 5.85. The van der Waals surface area contributed by atoms with Gasteiger partial charge in [-0.1, -0.05) is 0 Å². The first-order chi connectivity index (χ1) is 12.7. The summed E-state index contributed by atoms with van der Waals surface area (Å²) in [7, 11) is 1.61. The molecule has 1 aliphatic rings. The molecule has 0 spiro atoms. The molecule has 1 aromatic carbocycles. The topological polar surface area (TPSA) is 85.0 Å². The SMILES string of the molecule is COc1ccc(NC(N)=NCc2cnc(N3CCOCC3)c(F)c2)cc1. The fourth-order valence-corrected chi connectivity index (χ4v) is 2.60. The van der Waals surface area contributed by atoms with Gasteiger partial charge in [-0.2, -0.15) is 0 Å². The summed E-state index contributed by atoms with van der Waals surface area (Å²) >= 11 is 0. The van der Waals surface area contributed by atoms with Crippen LogP contribution in [-0.2, 0) is 11.3 Å². The Morgan fingerprint density at radius 1 is 1.35 bits per heavy atom. The molecule has 2 heterocycles. The van der Waals surface area contributed by atoms with Crippen LogP contribution in [0.25, 0.3) is 0 Å². The molecule has 1 aromatic heterocycles. The van der Waals surface area contributed by atoms with E-state index in [0.29, 0.717) is 37.7 Å². The van der Waals surface area contributed by atoms with Gasteiger partial charge in [0.1, 0.15) is 5.75 Å². The lowest BCUT2D eigenvalue weighted by atomic mass is 10.2. The minimum atomic E-state index is -0.360. The maximum Gasteiger partial charge on any atom is 0.193 e. The third-order valence-corrected chi connectivity index (χ3v) is 3.98. The number of rotatable bonds is 5. The molecule has 138 valence electrons. The number of aliphatic imine (C=N–C) groups is 1. The first-order valence-electron chi connectivity index (χ1n) is 8.34. The largest absolute Gasteiger partial charge is 0.497 e. The van der Waals surface area contributed by atoms with Gasteiger partial charge in [0.15, 0.2) is 17.6 Å². The molecule has 0 radical (unpaired) electrons.